The Morgan fingerprint density at radius 3 is 2.52 bits per heavy atom. The topological polar surface area (TPSA) is 88.4 Å². The molecule has 0 aliphatic heterocycles. The summed E-state index contributed by atoms with van der Waals surface area (Å²) in [4.78, 5) is 23.2. The van der Waals surface area contributed by atoms with Gasteiger partial charge < -0.3 is 14.8 Å². The number of carbonyl (C=O) groups is 2. The molecule has 0 aliphatic rings. The average Bonchev–Trinajstić information content (AvgIpc) is 2.61. The van der Waals surface area contributed by atoms with E-state index in [9.17, 15) is 14.0 Å². The number of halogens is 2. The number of amides is 1. The van der Waals surface area contributed by atoms with Gasteiger partial charge in [-0.1, -0.05) is 11.6 Å². The minimum Gasteiger partial charge on any atom is -0.482 e. The van der Waals surface area contributed by atoms with Crippen LogP contribution in [0.2, 0.25) is 5.02 Å². The smallest absolute Gasteiger partial charge is 0.344 e. The van der Waals surface area contributed by atoms with Crippen molar-refractivity contribution in [1.82, 2.24) is 0 Å². The first kappa shape index (κ1) is 18.2. The van der Waals surface area contributed by atoms with Crippen LogP contribution in [-0.2, 0) is 14.3 Å². The molecule has 8 heteroatoms. The number of nitriles is 1. The van der Waals surface area contributed by atoms with E-state index >= 15 is 0 Å². The Morgan fingerprint density at radius 2 is 1.88 bits per heavy atom. The number of esters is 1. The van der Waals surface area contributed by atoms with Crippen LogP contribution in [0.25, 0.3) is 0 Å². The van der Waals surface area contributed by atoms with Gasteiger partial charge >= 0.3 is 5.97 Å². The van der Waals surface area contributed by atoms with Crippen LogP contribution in [0.5, 0.6) is 5.75 Å². The molecular weight excluding hydrogens is 351 g/mol. The van der Waals surface area contributed by atoms with Crippen LogP contribution in [0.3, 0.4) is 0 Å². The van der Waals surface area contributed by atoms with Crippen molar-refractivity contribution in [3.63, 3.8) is 0 Å². The molecule has 0 saturated heterocycles. The van der Waals surface area contributed by atoms with E-state index in [1.54, 1.807) is 0 Å². The highest BCUT2D eigenvalue weighted by Crippen LogP contribution is 2.18. The van der Waals surface area contributed by atoms with Gasteiger partial charge in [-0.05, 0) is 42.5 Å². The predicted molar refractivity (Wildman–Crippen MR) is 87.7 cm³/mol. The van der Waals surface area contributed by atoms with Gasteiger partial charge in [0.15, 0.2) is 13.2 Å². The molecule has 0 aliphatic carbocycles. The van der Waals surface area contributed by atoms with Crippen LogP contribution in [0, 0.1) is 17.1 Å². The molecule has 0 spiro atoms. The second kappa shape index (κ2) is 8.66. The Kier molecular flexibility index (Phi) is 6.32. The molecule has 0 saturated carbocycles. The first-order valence-corrected chi connectivity index (χ1v) is 7.39. The minimum atomic E-state index is -0.768. The zero-order chi connectivity index (χ0) is 18.2. The van der Waals surface area contributed by atoms with E-state index in [0.29, 0.717) is 11.3 Å². The number of carbonyl (C=O) groups excluding carboxylic acids is 2. The zero-order valence-corrected chi connectivity index (χ0v) is 13.5. The van der Waals surface area contributed by atoms with E-state index in [-0.39, 0.29) is 10.7 Å². The molecule has 6 nitrogen and oxygen atoms in total. The monoisotopic (exact) mass is 362 g/mol. The van der Waals surface area contributed by atoms with Crippen LogP contribution >= 0.6 is 11.6 Å². The van der Waals surface area contributed by atoms with Crippen molar-refractivity contribution in [3.05, 3.63) is 58.9 Å². The molecule has 0 bridgehead atoms. The van der Waals surface area contributed by atoms with E-state index in [0.717, 1.165) is 6.07 Å². The third kappa shape index (κ3) is 5.79. The lowest BCUT2D eigenvalue weighted by Gasteiger charge is -2.08. The summed E-state index contributed by atoms with van der Waals surface area (Å²) < 4.78 is 23.4. The Hall–Kier alpha value is -3.11. The molecule has 1 N–H and O–H groups in total. The fourth-order valence-electron chi connectivity index (χ4n) is 1.73. The molecular formula is C17H12ClFN2O4. The lowest BCUT2D eigenvalue weighted by Crippen LogP contribution is -2.24. The van der Waals surface area contributed by atoms with E-state index in [4.69, 9.17) is 26.3 Å². The van der Waals surface area contributed by atoms with Gasteiger partial charge in [-0.15, -0.1) is 0 Å². The molecule has 0 radical (unpaired) electrons. The number of ether oxygens (including phenoxy) is 2. The van der Waals surface area contributed by atoms with E-state index in [2.05, 4.69) is 5.32 Å². The summed E-state index contributed by atoms with van der Waals surface area (Å²) in [6, 6.07) is 11.8. The van der Waals surface area contributed by atoms with Gasteiger partial charge in [-0.25, -0.2) is 9.18 Å². The predicted octanol–water partition coefficient (Wildman–Crippen LogP) is 2.91. The highest BCUT2D eigenvalue weighted by molar-refractivity contribution is 6.30. The molecule has 0 heterocycles. The first-order valence-electron chi connectivity index (χ1n) is 7.01. The molecule has 0 unspecified atom stereocenters. The summed E-state index contributed by atoms with van der Waals surface area (Å²) in [5, 5.41) is 11.1. The van der Waals surface area contributed by atoms with Crippen LogP contribution in [0.1, 0.15) is 5.56 Å². The van der Waals surface area contributed by atoms with Crippen LogP contribution in [0.15, 0.2) is 42.5 Å². The van der Waals surface area contributed by atoms with Crippen molar-refractivity contribution < 1.29 is 23.5 Å². The van der Waals surface area contributed by atoms with Crippen molar-refractivity contribution in [2.24, 2.45) is 0 Å². The van der Waals surface area contributed by atoms with Crippen molar-refractivity contribution in [3.8, 4) is 11.8 Å². The summed E-state index contributed by atoms with van der Waals surface area (Å²) in [7, 11) is 0. The fourth-order valence-corrected chi connectivity index (χ4v) is 1.89. The van der Waals surface area contributed by atoms with Crippen molar-refractivity contribution in [2.45, 2.75) is 0 Å². The Labute approximate surface area is 147 Å². The third-order valence-electron chi connectivity index (χ3n) is 2.91. The maximum absolute atomic E-state index is 13.5. The quantitative estimate of drug-likeness (QED) is 0.798. The summed E-state index contributed by atoms with van der Waals surface area (Å²) in [5.74, 6) is -1.79. The van der Waals surface area contributed by atoms with Gasteiger partial charge in [0, 0.05) is 5.02 Å². The highest BCUT2D eigenvalue weighted by Gasteiger charge is 2.11. The van der Waals surface area contributed by atoms with Crippen molar-refractivity contribution in [1.29, 1.82) is 5.26 Å². The highest BCUT2D eigenvalue weighted by atomic mass is 35.5. The lowest BCUT2D eigenvalue weighted by atomic mass is 10.2. The van der Waals surface area contributed by atoms with Crippen molar-refractivity contribution in [2.75, 3.05) is 18.5 Å². The van der Waals surface area contributed by atoms with Crippen LogP contribution < -0.4 is 10.1 Å². The number of nitrogens with one attached hydrogen (secondary N) is 1. The summed E-state index contributed by atoms with van der Waals surface area (Å²) >= 11 is 5.61. The normalized spacial score (nSPS) is 9.80. The van der Waals surface area contributed by atoms with Gasteiger partial charge in [-0.3, -0.25) is 4.79 Å². The summed E-state index contributed by atoms with van der Waals surface area (Å²) in [5.41, 5.74) is 0.389. The number of nitrogens with zero attached hydrogens (tertiary/aromatic N) is 1. The van der Waals surface area contributed by atoms with Gasteiger partial charge in [0.2, 0.25) is 0 Å². The molecule has 0 fully saturated rings. The molecule has 0 aromatic heterocycles. The van der Waals surface area contributed by atoms with Gasteiger partial charge in [0.05, 0.1) is 17.3 Å². The lowest BCUT2D eigenvalue weighted by molar-refractivity contribution is -0.149. The number of rotatable bonds is 6. The molecule has 128 valence electrons. The van der Waals surface area contributed by atoms with E-state index in [1.807, 2.05) is 6.07 Å². The fraction of sp³-hybridized carbons (Fsp3) is 0.118. The SMILES string of the molecule is N#Cc1ccc(OCC(=O)OCC(=O)Nc2ccc(Cl)cc2F)cc1. The Morgan fingerprint density at radius 1 is 1.16 bits per heavy atom. The van der Waals surface area contributed by atoms with Gasteiger partial charge in [-0.2, -0.15) is 5.26 Å². The molecule has 2 aromatic rings. The Balaban J connectivity index is 1.75. The number of hydrogen-bond acceptors (Lipinski definition) is 5. The molecule has 25 heavy (non-hydrogen) atoms. The van der Waals surface area contributed by atoms with Gasteiger partial charge in [0.25, 0.3) is 5.91 Å². The standard InChI is InChI=1S/C17H12ClFN2O4/c18-12-3-6-15(14(19)7-12)21-16(22)9-25-17(23)10-24-13-4-1-11(8-20)2-5-13/h1-7H,9-10H2,(H,21,22). The molecule has 0 atom stereocenters. The second-order valence-corrected chi connectivity index (χ2v) is 5.19. The number of anilines is 1. The molecule has 2 aromatic carbocycles. The molecule has 1 amide bonds. The second-order valence-electron chi connectivity index (χ2n) is 4.76. The maximum atomic E-state index is 13.5. The largest absolute Gasteiger partial charge is 0.482 e. The number of benzene rings is 2. The van der Waals surface area contributed by atoms with Crippen LogP contribution in [0.4, 0.5) is 10.1 Å². The average molecular weight is 363 g/mol. The molecule has 2 rings (SSSR count). The Bertz CT molecular complexity index is 818. The summed E-state index contributed by atoms with van der Waals surface area (Å²) in [6.07, 6.45) is 0. The van der Waals surface area contributed by atoms with E-state index in [1.165, 1.54) is 36.4 Å². The van der Waals surface area contributed by atoms with Gasteiger partial charge in [0.1, 0.15) is 11.6 Å². The third-order valence-corrected chi connectivity index (χ3v) is 3.14. The van der Waals surface area contributed by atoms with E-state index < -0.39 is 30.9 Å². The van der Waals surface area contributed by atoms with Crippen LogP contribution in [-0.4, -0.2) is 25.1 Å². The maximum Gasteiger partial charge on any atom is 0.344 e. The first-order chi connectivity index (χ1) is 12.0. The summed E-state index contributed by atoms with van der Waals surface area (Å²) in [6.45, 7) is -0.994. The minimum absolute atomic E-state index is 0.0701. The van der Waals surface area contributed by atoms with Crippen molar-refractivity contribution >= 4 is 29.2 Å². The zero-order valence-electron chi connectivity index (χ0n) is 12.8. The number of hydrogen-bond donors (Lipinski definition) is 1.